The van der Waals surface area contributed by atoms with Crippen molar-refractivity contribution in [2.75, 3.05) is 5.32 Å². The summed E-state index contributed by atoms with van der Waals surface area (Å²) in [6.45, 7) is 0. The smallest absolute Gasteiger partial charge is 0.258 e. The number of hydrogen-bond acceptors (Lipinski definition) is 4. The van der Waals surface area contributed by atoms with Gasteiger partial charge in [-0.05, 0) is 54.3 Å². The lowest BCUT2D eigenvalue weighted by Gasteiger charge is -2.23. The summed E-state index contributed by atoms with van der Waals surface area (Å²) in [5.74, 6) is -0.153. The summed E-state index contributed by atoms with van der Waals surface area (Å²) in [6.07, 6.45) is 2.48. The van der Waals surface area contributed by atoms with E-state index in [0.717, 1.165) is 5.56 Å². The van der Waals surface area contributed by atoms with Crippen molar-refractivity contribution in [3.8, 4) is 0 Å². The van der Waals surface area contributed by atoms with Crippen LogP contribution in [0.1, 0.15) is 44.3 Å². The fraction of sp³-hybridized carbons (Fsp3) is 0.143. The van der Waals surface area contributed by atoms with Crippen LogP contribution in [0.3, 0.4) is 0 Å². The van der Waals surface area contributed by atoms with E-state index in [1.54, 1.807) is 24.3 Å². The number of ketones is 1. The molecule has 5 nitrogen and oxygen atoms in total. The monoisotopic (exact) mass is 411 g/mol. The van der Waals surface area contributed by atoms with Crippen molar-refractivity contribution in [3.05, 3.63) is 87.2 Å². The van der Waals surface area contributed by atoms with Crippen LogP contribution in [0.5, 0.6) is 0 Å². The molecule has 140 valence electrons. The van der Waals surface area contributed by atoms with Crippen molar-refractivity contribution in [2.45, 2.75) is 18.8 Å². The van der Waals surface area contributed by atoms with E-state index in [1.165, 1.54) is 6.20 Å². The third-order valence-electron chi connectivity index (χ3n) is 4.71. The zero-order valence-electron chi connectivity index (χ0n) is 14.7. The molecule has 1 aromatic heterocycles. The van der Waals surface area contributed by atoms with Crippen molar-refractivity contribution in [3.63, 3.8) is 0 Å². The van der Waals surface area contributed by atoms with Crippen molar-refractivity contribution < 1.29 is 9.59 Å². The van der Waals surface area contributed by atoms with E-state index < -0.39 is 0 Å². The molecule has 0 aliphatic heterocycles. The second-order valence-electron chi connectivity index (χ2n) is 6.59. The topological polar surface area (TPSA) is 72.0 Å². The Bertz CT molecular complexity index is 1050. The molecule has 1 heterocycles. The lowest BCUT2D eigenvalue weighted by Crippen LogP contribution is -2.22. The van der Waals surface area contributed by atoms with Crippen LogP contribution in [0.15, 0.2) is 54.7 Å². The molecule has 7 heteroatoms. The van der Waals surface area contributed by atoms with Gasteiger partial charge in [0.2, 0.25) is 5.95 Å². The van der Waals surface area contributed by atoms with Crippen LogP contribution in [-0.2, 0) is 6.42 Å². The fourth-order valence-corrected chi connectivity index (χ4v) is 3.50. The van der Waals surface area contributed by atoms with Gasteiger partial charge in [0.1, 0.15) is 0 Å². The van der Waals surface area contributed by atoms with Gasteiger partial charge in [-0.3, -0.25) is 14.9 Å². The first-order valence-corrected chi connectivity index (χ1v) is 9.46. The Hall–Kier alpha value is -2.76. The summed E-state index contributed by atoms with van der Waals surface area (Å²) in [6, 6.07) is 14.0. The zero-order chi connectivity index (χ0) is 19.7. The molecule has 1 amide bonds. The summed E-state index contributed by atoms with van der Waals surface area (Å²) in [7, 11) is 0. The van der Waals surface area contributed by atoms with Crippen molar-refractivity contribution in [1.29, 1.82) is 0 Å². The number of carbonyl (C=O) groups is 2. The molecule has 3 aromatic rings. The first-order chi connectivity index (χ1) is 13.5. The van der Waals surface area contributed by atoms with Gasteiger partial charge in [-0.25, -0.2) is 9.97 Å². The van der Waals surface area contributed by atoms with Gasteiger partial charge in [0, 0.05) is 28.2 Å². The number of amides is 1. The summed E-state index contributed by atoms with van der Waals surface area (Å²) >= 11 is 11.8. The van der Waals surface area contributed by atoms with E-state index in [2.05, 4.69) is 15.3 Å². The maximum atomic E-state index is 12.5. The molecule has 1 atom stereocenters. The highest BCUT2D eigenvalue weighted by Gasteiger charge is 2.28. The van der Waals surface area contributed by atoms with E-state index in [4.69, 9.17) is 23.2 Å². The minimum atomic E-state index is -0.340. The van der Waals surface area contributed by atoms with Crippen LogP contribution < -0.4 is 5.32 Å². The first-order valence-electron chi connectivity index (χ1n) is 8.71. The predicted molar refractivity (Wildman–Crippen MR) is 108 cm³/mol. The minimum Gasteiger partial charge on any atom is -0.294 e. The highest BCUT2D eigenvalue weighted by molar-refractivity contribution is 6.30. The number of benzene rings is 2. The van der Waals surface area contributed by atoms with Crippen LogP contribution in [-0.4, -0.2) is 21.7 Å². The number of nitrogens with one attached hydrogen (secondary N) is 1. The number of rotatable bonds is 3. The lowest BCUT2D eigenvalue weighted by atomic mass is 9.82. The van der Waals surface area contributed by atoms with E-state index in [9.17, 15) is 9.59 Å². The molecule has 2 aromatic carbocycles. The molecule has 0 saturated heterocycles. The molecule has 0 spiro atoms. The quantitative estimate of drug-likeness (QED) is 0.661. The number of fused-ring (bicyclic) bond motifs is 1. The Balaban J connectivity index is 1.56. The molecule has 0 saturated carbocycles. The Morgan fingerprint density at radius 2 is 1.61 bits per heavy atom. The Morgan fingerprint density at radius 1 is 0.964 bits per heavy atom. The molecule has 0 radical (unpaired) electrons. The molecule has 4 rings (SSSR count). The number of anilines is 1. The fourth-order valence-electron chi connectivity index (χ4n) is 3.25. The van der Waals surface area contributed by atoms with Crippen LogP contribution in [0, 0.1) is 0 Å². The van der Waals surface area contributed by atoms with E-state index in [-0.39, 0.29) is 23.6 Å². The Labute approximate surface area is 171 Å². The Kier molecular flexibility index (Phi) is 5.11. The maximum Gasteiger partial charge on any atom is 0.258 e. The highest BCUT2D eigenvalue weighted by atomic mass is 35.5. The second kappa shape index (κ2) is 7.70. The lowest BCUT2D eigenvalue weighted by molar-refractivity contribution is 0.0962. The standard InChI is InChI=1S/C21H15Cl2N3O2/c22-15-5-1-12(2-6-15)14-9-18-17(19(27)10-14)11-24-21(25-18)26-20(28)13-3-7-16(23)8-4-13/h1-8,11,14H,9-10H2,(H,24,25,26,28)/t14-/m1/s1. The van der Waals surface area contributed by atoms with Gasteiger partial charge in [0.25, 0.3) is 5.91 Å². The molecular weight excluding hydrogens is 397 g/mol. The maximum absolute atomic E-state index is 12.5. The van der Waals surface area contributed by atoms with Gasteiger partial charge in [0.15, 0.2) is 5.78 Å². The largest absolute Gasteiger partial charge is 0.294 e. The van der Waals surface area contributed by atoms with Gasteiger partial charge in [0.05, 0.1) is 11.3 Å². The van der Waals surface area contributed by atoms with E-state index in [1.807, 2.05) is 24.3 Å². The van der Waals surface area contributed by atoms with Gasteiger partial charge in [-0.1, -0.05) is 35.3 Å². The van der Waals surface area contributed by atoms with Crippen LogP contribution in [0.4, 0.5) is 5.95 Å². The number of Topliss-reactive ketones (excluding diaryl/α,β-unsaturated/α-hetero) is 1. The average molecular weight is 412 g/mol. The van der Waals surface area contributed by atoms with Crippen LogP contribution in [0.2, 0.25) is 10.0 Å². The molecule has 1 aliphatic carbocycles. The van der Waals surface area contributed by atoms with E-state index in [0.29, 0.717) is 39.7 Å². The highest BCUT2D eigenvalue weighted by Crippen LogP contribution is 2.32. The SMILES string of the molecule is O=C(Nc1ncc2c(n1)C[C@@H](c1ccc(Cl)cc1)CC2=O)c1ccc(Cl)cc1. The number of hydrogen-bond donors (Lipinski definition) is 1. The molecule has 0 unspecified atom stereocenters. The normalized spacial score (nSPS) is 15.8. The van der Waals surface area contributed by atoms with E-state index >= 15 is 0 Å². The van der Waals surface area contributed by atoms with Gasteiger partial charge >= 0.3 is 0 Å². The minimum absolute atomic E-state index is 0.00298. The first kappa shape index (κ1) is 18.6. The number of carbonyl (C=O) groups excluding carboxylic acids is 2. The molecule has 0 bridgehead atoms. The van der Waals surface area contributed by atoms with Gasteiger partial charge in [-0.2, -0.15) is 0 Å². The van der Waals surface area contributed by atoms with Crippen LogP contribution in [0.25, 0.3) is 0 Å². The van der Waals surface area contributed by atoms with Crippen molar-refractivity contribution in [1.82, 2.24) is 9.97 Å². The molecule has 1 N–H and O–H groups in total. The summed E-state index contributed by atoms with van der Waals surface area (Å²) in [5, 5.41) is 3.87. The molecule has 0 fully saturated rings. The van der Waals surface area contributed by atoms with Gasteiger partial charge in [-0.15, -0.1) is 0 Å². The number of aromatic nitrogens is 2. The molecular formula is C21H15Cl2N3O2. The average Bonchev–Trinajstić information content (AvgIpc) is 2.68. The predicted octanol–water partition coefficient (Wildman–Crippen LogP) is 4.95. The molecule has 1 aliphatic rings. The zero-order valence-corrected chi connectivity index (χ0v) is 16.2. The van der Waals surface area contributed by atoms with Gasteiger partial charge < -0.3 is 0 Å². The third-order valence-corrected chi connectivity index (χ3v) is 5.22. The summed E-state index contributed by atoms with van der Waals surface area (Å²) in [5.41, 5.74) is 2.63. The number of halogens is 2. The van der Waals surface area contributed by atoms with Crippen molar-refractivity contribution in [2.24, 2.45) is 0 Å². The van der Waals surface area contributed by atoms with Crippen molar-refractivity contribution >= 4 is 40.8 Å². The van der Waals surface area contributed by atoms with Crippen LogP contribution >= 0.6 is 23.2 Å². The summed E-state index contributed by atoms with van der Waals surface area (Å²) in [4.78, 5) is 33.4. The summed E-state index contributed by atoms with van der Waals surface area (Å²) < 4.78 is 0. The number of nitrogens with zero attached hydrogens (tertiary/aromatic N) is 2. The second-order valence-corrected chi connectivity index (χ2v) is 7.47. The Morgan fingerprint density at radius 3 is 2.29 bits per heavy atom. The molecule has 28 heavy (non-hydrogen) atoms. The third kappa shape index (κ3) is 3.91.